The molecule has 0 radical (unpaired) electrons. The van der Waals surface area contributed by atoms with E-state index in [4.69, 9.17) is 4.42 Å². The highest BCUT2D eigenvalue weighted by atomic mass is 16.4. The number of hydrogen-bond acceptors (Lipinski definition) is 5. The number of nitrogens with one attached hydrogen (secondary N) is 1. The molecular formula is C10H18N4O. The lowest BCUT2D eigenvalue weighted by atomic mass is 10.00. The topological polar surface area (TPSA) is 54.2 Å². The molecule has 0 saturated carbocycles. The Hall–Kier alpha value is -0.940. The first-order chi connectivity index (χ1) is 7.25. The van der Waals surface area contributed by atoms with E-state index in [-0.39, 0.29) is 0 Å². The van der Waals surface area contributed by atoms with Crippen LogP contribution < -0.4 is 5.32 Å². The fraction of sp³-hybridized carbons (Fsp3) is 0.800. The summed E-state index contributed by atoms with van der Waals surface area (Å²) in [5.41, 5.74) is 0. The molecule has 2 rings (SSSR count). The number of rotatable bonds is 3. The fourth-order valence-electron chi connectivity index (χ4n) is 1.83. The molecule has 1 N–H and O–H groups in total. The minimum absolute atomic E-state index is 0.405. The highest BCUT2D eigenvalue weighted by molar-refractivity contribution is 4.94. The molecule has 1 aliphatic rings. The second-order valence-corrected chi connectivity index (χ2v) is 4.32. The Morgan fingerprint density at radius 1 is 1.47 bits per heavy atom. The van der Waals surface area contributed by atoms with Crippen LogP contribution in [0.2, 0.25) is 0 Å². The minimum atomic E-state index is 0.405. The highest BCUT2D eigenvalue weighted by Crippen LogP contribution is 2.21. The van der Waals surface area contributed by atoms with Gasteiger partial charge >= 0.3 is 0 Å². The predicted molar refractivity (Wildman–Crippen MR) is 56.5 cm³/mol. The van der Waals surface area contributed by atoms with E-state index < -0.39 is 0 Å². The number of nitrogens with zero attached hydrogens (tertiary/aromatic N) is 3. The Morgan fingerprint density at radius 2 is 2.33 bits per heavy atom. The molecule has 2 heterocycles. The molecular weight excluding hydrogens is 192 g/mol. The lowest BCUT2D eigenvalue weighted by Crippen LogP contribution is -2.28. The van der Waals surface area contributed by atoms with Crippen molar-refractivity contribution >= 4 is 0 Å². The minimum Gasteiger partial charge on any atom is -0.424 e. The SMILES string of the molecule is CN(C)Cc1nnc(C2CCCNC2)o1. The van der Waals surface area contributed by atoms with Crippen LogP contribution in [0.5, 0.6) is 0 Å². The van der Waals surface area contributed by atoms with E-state index in [0.29, 0.717) is 18.4 Å². The van der Waals surface area contributed by atoms with E-state index in [1.165, 1.54) is 6.42 Å². The fourth-order valence-corrected chi connectivity index (χ4v) is 1.83. The Bertz CT molecular complexity index is 304. The maximum Gasteiger partial charge on any atom is 0.230 e. The van der Waals surface area contributed by atoms with Gasteiger partial charge in [-0.2, -0.15) is 0 Å². The normalized spacial score (nSPS) is 22.2. The summed E-state index contributed by atoms with van der Waals surface area (Å²) in [7, 11) is 3.98. The molecule has 84 valence electrons. The third-order valence-electron chi connectivity index (χ3n) is 2.58. The monoisotopic (exact) mass is 210 g/mol. The second kappa shape index (κ2) is 4.72. The van der Waals surface area contributed by atoms with Crippen molar-refractivity contribution in [3.8, 4) is 0 Å². The van der Waals surface area contributed by atoms with Gasteiger partial charge < -0.3 is 14.6 Å². The van der Waals surface area contributed by atoms with Gasteiger partial charge in [0.2, 0.25) is 11.8 Å². The van der Waals surface area contributed by atoms with Crippen LogP contribution in [0.15, 0.2) is 4.42 Å². The maximum atomic E-state index is 5.63. The first-order valence-electron chi connectivity index (χ1n) is 5.43. The van der Waals surface area contributed by atoms with E-state index in [1.807, 2.05) is 19.0 Å². The summed E-state index contributed by atoms with van der Waals surface area (Å²) in [6.45, 7) is 2.78. The van der Waals surface area contributed by atoms with Crippen molar-refractivity contribution in [2.45, 2.75) is 25.3 Å². The molecule has 1 aliphatic heterocycles. The zero-order valence-electron chi connectivity index (χ0n) is 9.36. The average Bonchev–Trinajstić information content (AvgIpc) is 2.67. The molecule has 1 aromatic rings. The van der Waals surface area contributed by atoms with E-state index in [9.17, 15) is 0 Å². The molecule has 1 atom stereocenters. The number of aromatic nitrogens is 2. The molecule has 1 saturated heterocycles. The molecule has 0 aliphatic carbocycles. The van der Waals surface area contributed by atoms with Gasteiger partial charge in [0.25, 0.3) is 0 Å². The first kappa shape index (κ1) is 10.6. The van der Waals surface area contributed by atoms with Gasteiger partial charge in [0.1, 0.15) is 0 Å². The van der Waals surface area contributed by atoms with Crippen molar-refractivity contribution in [1.29, 1.82) is 0 Å². The molecule has 0 bridgehead atoms. The molecule has 15 heavy (non-hydrogen) atoms. The van der Waals surface area contributed by atoms with Crippen LogP contribution in [0.1, 0.15) is 30.5 Å². The lowest BCUT2D eigenvalue weighted by Gasteiger charge is -2.19. The van der Waals surface area contributed by atoms with Crippen LogP contribution in [0.25, 0.3) is 0 Å². The summed E-state index contributed by atoms with van der Waals surface area (Å²) in [6, 6.07) is 0. The Kier molecular flexibility index (Phi) is 3.33. The van der Waals surface area contributed by atoms with Crippen LogP contribution in [0.3, 0.4) is 0 Å². The Morgan fingerprint density at radius 3 is 3.00 bits per heavy atom. The van der Waals surface area contributed by atoms with E-state index >= 15 is 0 Å². The molecule has 0 spiro atoms. The summed E-state index contributed by atoms with van der Waals surface area (Å²) in [5.74, 6) is 1.90. The number of piperidine rings is 1. The van der Waals surface area contributed by atoms with Gasteiger partial charge in [-0.15, -0.1) is 10.2 Å². The molecule has 5 heteroatoms. The number of hydrogen-bond donors (Lipinski definition) is 1. The lowest BCUT2D eigenvalue weighted by molar-refractivity contribution is 0.314. The zero-order chi connectivity index (χ0) is 10.7. The van der Waals surface area contributed by atoms with Gasteiger partial charge in [0, 0.05) is 12.5 Å². The Labute approximate surface area is 89.9 Å². The summed E-state index contributed by atoms with van der Waals surface area (Å²) in [4.78, 5) is 2.02. The smallest absolute Gasteiger partial charge is 0.230 e. The summed E-state index contributed by atoms with van der Waals surface area (Å²) < 4.78 is 5.63. The first-order valence-corrected chi connectivity index (χ1v) is 5.43. The van der Waals surface area contributed by atoms with E-state index in [2.05, 4.69) is 15.5 Å². The summed E-state index contributed by atoms with van der Waals surface area (Å²) in [5, 5.41) is 11.5. The predicted octanol–water partition coefficient (Wildman–Crippen LogP) is 0.598. The van der Waals surface area contributed by atoms with Crippen molar-refractivity contribution in [3.05, 3.63) is 11.8 Å². The van der Waals surface area contributed by atoms with Gasteiger partial charge in [-0.3, -0.25) is 0 Å². The largest absolute Gasteiger partial charge is 0.424 e. The Balaban J connectivity index is 1.99. The second-order valence-electron chi connectivity index (χ2n) is 4.32. The molecule has 0 aromatic carbocycles. The third kappa shape index (κ3) is 2.76. The standard InChI is InChI=1S/C10H18N4O/c1-14(2)7-9-12-13-10(15-9)8-4-3-5-11-6-8/h8,11H,3-7H2,1-2H3. The maximum absolute atomic E-state index is 5.63. The van der Waals surface area contributed by atoms with E-state index in [1.54, 1.807) is 0 Å². The van der Waals surface area contributed by atoms with Crippen molar-refractivity contribution in [3.63, 3.8) is 0 Å². The van der Waals surface area contributed by atoms with Gasteiger partial charge in [0.15, 0.2) is 0 Å². The molecule has 1 aromatic heterocycles. The van der Waals surface area contributed by atoms with Gasteiger partial charge in [-0.25, -0.2) is 0 Å². The molecule has 0 amide bonds. The van der Waals surface area contributed by atoms with Crippen LogP contribution in [0, 0.1) is 0 Å². The van der Waals surface area contributed by atoms with Crippen molar-refractivity contribution < 1.29 is 4.42 Å². The van der Waals surface area contributed by atoms with E-state index in [0.717, 1.165) is 25.4 Å². The molecule has 1 fully saturated rings. The molecule has 5 nitrogen and oxygen atoms in total. The van der Waals surface area contributed by atoms with Gasteiger partial charge in [0.05, 0.1) is 6.54 Å². The van der Waals surface area contributed by atoms with Crippen molar-refractivity contribution in [2.75, 3.05) is 27.2 Å². The van der Waals surface area contributed by atoms with Gasteiger partial charge in [-0.05, 0) is 33.5 Å². The average molecular weight is 210 g/mol. The third-order valence-corrected chi connectivity index (χ3v) is 2.58. The highest BCUT2D eigenvalue weighted by Gasteiger charge is 2.20. The van der Waals surface area contributed by atoms with Crippen LogP contribution in [0.4, 0.5) is 0 Å². The summed E-state index contributed by atoms with van der Waals surface area (Å²) in [6.07, 6.45) is 2.34. The van der Waals surface area contributed by atoms with Crippen molar-refractivity contribution in [1.82, 2.24) is 20.4 Å². The zero-order valence-corrected chi connectivity index (χ0v) is 9.36. The summed E-state index contributed by atoms with van der Waals surface area (Å²) >= 11 is 0. The van der Waals surface area contributed by atoms with Crippen LogP contribution in [-0.2, 0) is 6.54 Å². The van der Waals surface area contributed by atoms with Gasteiger partial charge in [-0.1, -0.05) is 0 Å². The van der Waals surface area contributed by atoms with Crippen molar-refractivity contribution in [2.24, 2.45) is 0 Å². The van der Waals surface area contributed by atoms with Crippen LogP contribution >= 0.6 is 0 Å². The quantitative estimate of drug-likeness (QED) is 0.791. The molecule has 1 unspecified atom stereocenters. The van der Waals surface area contributed by atoms with Crippen LogP contribution in [-0.4, -0.2) is 42.3 Å².